The van der Waals surface area contributed by atoms with E-state index in [2.05, 4.69) is 47.4 Å². The Kier molecular flexibility index (Phi) is 4.52. The lowest BCUT2D eigenvalue weighted by Gasteiger charge is -2.37. The average Bonchev–Trinajstić information content (AvgIpc) is 2.73. The minimum absolute atomic E-state index is 0.681. The lowest BCUT2D eigenvalue weighted by molar-refractivity contribution is 0.340. The fourth-order valence-corrected chi connectivity index (χ4v) is 4.58. The largest absolute Gasteiger partial charge is 0.494 e. The summed E-state index contributed by atoms with van der Waals surface area (Å²) in [7, 11) is 0. The Bertz CT molecular complexity index is 1020. The monoisotopic (exact) mass is 370 g/mol. The third-order valence-corrected chi connectivity index (χ3v) is 5.79. The summed E-state index contributed by atoms with van der Waals surface area (Å²) in [5.41, 5.74) is 7.87. The summed E-state index contributed by atoms with van der Waals surface area (Å²) in [6.45, 7) is 5.13. The molecule has 0 aliphatic carbocycles. The van der Waals surface area contributed by atoms with Gasteiger partial charge in [-0.25, -0.2) is 4.98 Å². The van der Waals surface area contributed by atoms with Crippen LogP contribution in [0.15, 0.2) is 42.5 Å². The number of aryl methyl sites for hydroxylation is 2. The van der Waals surface area contributed by atoms with Crippen LogP contribution in [0.1, 0.15) is 42.1 Å². The van der Waals surface area contributed by atoms with Crippen LogP contribution in [0.5, 0.6) is 5.75 Å². The maximum atomic E-state index is 5.58. The van der Waals surface area contributed by atoms with Crippen molar-refractivity contribution in [3.05, 3.63) is 64.8 Å². The number of benzene rings is 2. The molecule has 0 saturated heterocycles. The first-order valence-corrected chi connectivity index (χ1v) is 10.4. The molecule has 0 fully saturated rings. The van der Waals surface area contributed by atoms with Gasteiger partial charge in [0.1, 0.15) is 5.75 Å². The molecular formula is C25H26N2O. The second-order valence-corrected chi connectivity index (χ2v) is 7.74. The van der Waals surface area contributed by atoms with Crippen LogP contribution >= 0.6 is 0 Å². The lowest BCUT2D eigenvalue weighted by atomic mass is 9.90. The molecule has 0 unspecified atom stereocenters. The van der Waals surface area contributed by atoms with Gasteiger partial charge in [0.05, 0.1) is 17.8 Å². The Morgan fingerprint density at radius 1 is 0.964 bits per heavy atom. The van der Waals surface area contributed by atoms with Crippen molar-refractivity contribution >= 4 is 28.7 Å². The number of rotatable bonds is 4. The van der Waals surface area contributed by atoms with Crippen molar-refractivity contribution in [2.24, 2.45) is 0 Å². The number of ether oxygens (including phenoxy) is 1. The van der Waals surface area contributed by atoms with Gasteiger partial charge in [-0.1, -0.05) is 12.1 Å². The molecule has 28 heavy (non-hydrogen) atoms. The van der Waals surface area contributed by atoms with Gasteiger partial charge in [-0.05, 0) is 91.8 Å². The van der Waals surface area contributed by atoms with Gasteiger partial charge in [0, 0.05) is 24.2 Å². The van der Waals surface area contributed by atoms with Crippen LogP contribution in [-0.4, -0.2) is 24.7 Å². The van der Waals surface area contributed by atoms with E-state index in [1.54, 1.807) is 0 Å². The van der Waals surface area contributed by atoms with E-state index in [-0.39, 0.29) is 0 Å². The Morgan fingerprint density at radius 3 is 2.50 bits per heavy atom. The first-order chi connectivity index (χ1) is 13.8. The van der Waals surface area contributed by atoms with Gasteiger partial charge in [0.15, 0.2) is 0 Å². The number of fused-ring (bicyclic) bond motifs is 1. The van der Waals surface area contributed by atoms with Gasteiger partial charge in [-0.2, -0.15) is 0 Å². The Hall–Kier alpha value is -2.81. The van der Waals surface area contributed by atoms with Crippen molar-refractivity contribution in [3.8, 4) is 5.75 Å². The number of pyridine rings is 1. The molecule has 0 amide bonds. The number of hydrogen-bond donors (Lipinski definition) is 0. The molecule has 3 heteroatoms. The summed E-state index contributed by atoms with van der Waals surface area (Å²) in [5.74, 6) is 0.900. The molecule has 2 aliphatic rings. The second-order valence-electron chi connectivity index (χ2n) is 7.74. The molecule has 5 rings (SSSR count). The summed E-state index contributed by atoms with van der Waals surface area (Å²) in [5, 5.41) is 1.11. The van der Waals surface area contributed by atoms with Gasteiger partial charge in [-0.15, -0.1) is 0 Å². The Morgan fingerprint density at radius 2 is 1.75 bits per heavy atom. The van der Waals surface area contributed by atoms with E-state index >= 15 is 0 Å². The van der Waals surface area contributed by atoms with Gasteiger partial charge in [0.25, 0.3) is 0 Å². The van der Waals surface area contributed by atoms with Crippen LogP contribution in [0.3, 0.4) is 0 Å². The highest BCUT2D eigenvalue weighted by Crippen LogP contribution is 2.36. The zero-order valence-corrected chi connectivity index (χ0v) is 16.4. The first kappa shape index (κ1) is 17.3. The second kappa shape index (κ2) is 7.31. The maximum absolute atomic E-state index is 5.58. The van der Waals surface area contributed by atoms with Crippen LogP contribution in [-0.2, 0) is 12.8 Å². The van der Waals surface area contributed by atoms with Crippen LogP contribution in [0.4, 0.5) is 5.69 Å². The molecule has 0 saturated carbocycles. The molecule has 142 valence electrons. The van der Waals surface area contributed by atoms with Gasteiger partial charge in [-0.3, -0.25) is 0 Å². The smallest absolute Gasteiger partial charge is 0.120 e. The zero-order valence-electron chi connectivity index (χ0n) is 16.4. The molecule has 0 N–H and O–H groups in total. The van der Waals surface area contributed by atoms with Crippen molar-refractivity contribution in [3.63, 3.8) is 0 Å². The molecule has 0 bridgehead atoms. The Balaban J connectivity index is 1.44. The molecule has 0 radical (unpaired) electrons. The molecule has 0 spiro atoms. The maximum Gasteiger partial charge on any atom is 0.120 e. The first-order valence-electron chi connectivity index (χ1n) is 10.4. The fourth-order valence-electron chi connectivity index (χ4n) is 4.58. The van der Waals surface area contributed by atoms with E-state index in [4.69, 9.17) is 9.72 Å². The summed E-state index contributed by atoms with van der Waals surface area (Å²) in [6, 6.07) is 15.0. The molecule has 2 aromatic carbocycles. The zero-order chi connectivity index (χ0) is 18.9. The van der Waals surface area contributed by atoms with Gasteiger partial charge >= 0.3 is 0 Å². The Labute approximate surface area is 166 Å². The number of anilines is 1. The van der Waals surface area contributed by atoms with Crippen LogP contribution < -0.4 is 9.64 Å². The van der Waals surface area contributed by atoms with E-state index in [0.717, 1.165) is 22.3 Å². The van der Waals surface area contributed by atoms with Crippen molar-refractivity contribution in [1.82, 2.24) is 4.98 Å². The minimum atomic E-state index is 0.681. The quantitative estimate of drug-likeness (QED) is 0.606. The van der Waals surface area contributed by atoms with E-state index in [1.165, 1.54) is 61.2 Å². The van der Waals surface area contributed by atoms with Crippen molar-refractivity contribution in [2.75, 3.05) is 24.6 Å². The molecule has 3 nitrogen and oxygen atoms in total. The molecule has 3 heterocycles. The predicted octanol–water partition coefficient (Wildman–Crippen LogP) is 5.50. The van der Waals surface area contributed by atoms with E-state index in [0.29, 0.717) is 6.61 Å². The summed E-state index contributed by atoms with van der Waals surface area (Å²) in [6.07, 6.45) is 9.31. The standard InChI is InChI=1S/C25H26N2O/c1-2-28-23-11-12-24-19(17-23)8-10-22(26-24)9-7-18-15-20-5-3-13-27-14-4-6-21(16-18)25(20)27/h7-12,15-17H,2-6,13-14H2,1H3. The van der Waals surface area contributed by atoms with Crippen molar-refractivity contribution < 1.29 is 4.74 Å². The molecular weight excluding hydrogens is 344 g/mol. The molecule has 0 atom stereocenters. The molecule has 1 aromatic heterocycles. The molecule has 2 aliphatic heterocycles. The highest BCUT2D eigenvalue weighted by molar-refractivity contribution is 5.82. The summed E-state index contributed by atoms with van der Waals surface area (Å²) in [4.78, 5) is 7.38. The third-order valence-electron chi connectivity index (χ3n) is 5.79. The SMILES string of the molecule is CCOc1ccc2nc(C=Cc3cc4c5c(c3)CCCN5CCC4)ccc2c1. The average molecular weight is 370 g/mol. The van der Waals surface area contributed by atoms with Gasteiger partial charge < -0.3 is 9.64 Å². The lowest BCUT2D eigenvalue weighted by Crippen LogP contribution is -2.34. The van der Waals surface area contributed by atoms with Crippen LogP contribution in [0.25, 0.3) is 23.1 Å². The number of nitrogens with zero attached hydrogens (tertiary/aromatic N) is 2. The number of hydrogen-bond acceptors (Lipinski definition) is 3. The normalized spacial score (nSPS) is 15.8. The topological polar surface area (TPSA) is 25.4 Å². The summed E-state index contributed by atoms with van der Waals surface area (Å²) >= 11 is 0. The highest BCUT2D eigenvalue weighted by Gasteiger charge is 2.23. The third kappa shape index (κ3) is 3.26. The number of aromatic nitrogens is 1. The summed E-state index contributed by atoms with van der Waals surface area (Å²) < 4.78 is 5.58. The van der Waals surface area contributed by atoms with Gasteiger partial charge in [0.2, 0.25) is 0 Å². The fraction of sp³-hybridized carbons (Fsp3) is 0.320. The minimum Gasteiger partial charge on any atom is -0.494 e. The van der Waals surface area contributed by atoms with E-state index in [1.807, 2.05) is 19.1 Å². The predicted molar refractivity (Wildman–Crippen MR) is 117 cm³/mol. The van der Waals surface area contributed by atoms with Crippen LogP contribution in [0.2, 0.25) is 0 Å². The van der Waals surface area contributed by atoms with E-state index in [9.17, 15) is 0 Å². The molecule has 3 aromatic rings. The highest BCUT2D eigenvalue weighted by atomic mass is 16.5. The van der Waals surface area contributed by atoms with Crippen LogP contribution in [0, 0.1) is 0 Å². The van der Waals surface area contributed by atoms with Crippen molar-refractivity contribution in [1.29, 1.82) is 0 Å². The van der Waals surface area contributed by atoms with E-state index < -0.39 is 0 Å². The van der Waals surface area contributed by atoms with Crippen molar-refractivity contribution in [2.45, 2.75) is 32.6 Å².